The minimum Gasteiger partial charge on any atom is -0.336 e. The molecule has 7 heteroatoms. The van der Waals surface area contributed by atoms with Gasteiger partial charge in [0, 0.05) is 29.9 Å². The van der Waals surface area contributed by atoms with Gasteiger partial charge in [0.2, 0.25) is 0 Å². The molecule has 2 aliphatic rings. The second kappa shape index (κ2) is 5.64. The summed E-state index contributed by atoms with van der Waals surface area (Å²) in [6.45, 7) is 4.87. The van der Waals surface area contributed by atoms with Crippen molar-refractivity contribution in [2.24, 2.45) is 0 Å². The number of hydrogen-bond donors (Lipinski definition) is 0. The minimum atomic E-state index is -0.362. The Morgan fingerprint density at radius 3 is 2.89 bits per heavy atom. The van der Waals surface area contributed by atoms with Gasteiger partial charge in [0.1, 0.15) is 6.17 Å². The van der Waals surface area contributed by atoms with E-state index in [1.54, 1.807) is 22.8 Å². The zero-order valence-corrected chi connectivity index (χ0v) is 15.1. The van der Waals surface area contributed by atoms with Crippen LogP contribution in [0.1, 0.15) is 50.3 Å². The molecule has 2 aliphatic heterocycles. The van der Waals surface area contributed by atoms with E-state index in [4.69, 9.17) is 4.52 Å². The van der Waals surface area contributed by atoms with Gasteiger partial charge >= 0.3 is 0 Å². The van der Waals surface area contributed by atoms with Crippen LogP contribution in [0.5, 0.6) is 0 Å². The fourth-order valence-corrected chi connectivity index (χ4v) is 4.20. The number of amides is 2. The Kier molecular flexibility index (Phi) is 3.34. The maximum Gasteiger partial charge on any atom is 0.258 e. The quantitative estimate of drug-likeness (QED) is 0.665. The normalized spacial score (nSPS) is 18.7. The first-order valence-corrected chi connectivity index (χ1v) is 9.01. The van der Waals surface area contributed by atoms with Crippen LogP contribution in [0.3, 0.4) is 0 Å². The monoisotopic (exact) mass is 362 g/mol. The number of carbonyl (C=O) groups excluding carboxylic acids is 2. The number of benzene rings is 1. The first-order chi connectivity index (χ1) is 13.1. The third-order valence-corrected chi connectivity index (χ3v) is 5.36. The van der Waals surface area contributed by atoms with Crippen molar-refractivity contribution >= 4 is 22.9 Å². The Bertz CT molecular complexity index is 1100. The van der Waals surface area contributed by atoms with E-state index in [1.807, 2.05) is 31.2 Å². The van der Waals surface area contributed by atoms with Crippen LogP contribution in [0.4, 0.5) is 0 Å². The van der Waals surface area contributed by atoms with E-state index in [2.05, 4.69) is 10.1 Å². The molecule has 136 valence electrons. The average Bonchev–Trinajstić information content (AvgIpc) is 3.19. The molecule has 0 radical (unpaired) electrons. The Morgan fingerprint density at radius 1 is 1.22 bits per heavy atom. The van der Waals surface area contributed by atoms with Crippen LogP contribution in [-0.4, -0.2) is 44.8 Å². The summed E-state index contributed by atoms with van der Waals surface area (Å²) in [4.78, 5) is 34.2. The fraction of sp³-hybridized carbons (Fsp3) is 0.300. The SMILES string of the molecule is Cc1cc(C(=O)N2CCCN3C(=O)c4ccccc4C32)c2c(C)noc2n1. The highest BCUT2D eigenvalue weighted by molar-refractivity contribution is 6.07. The zero-order chi connectivity index (χ0) is 18.7. The van der Waals surface area contributed by atoms with Crippen LogP contribution >= 0.6 is 0 Å². The molecule has 1 unspecified atom stereocenters. The summed E-state index contributed by atoms with van der Waals surface area (Å²) in [5.41, 5.74) is 3.79. The molecular weight excluding hydrogens is 344 g/mol. The van der Waals surface area contributed by atoms with Crippen molar-refractivity contribution in [3.05, 3.63) is 58.4 Å². The van der Waals surface area contributed by atoms with Gasteiger partial charge in [-0.2, -0.15) is 0 Å². The summed E-state index contributed by atoms with van der Waals surface area (Å²) >= 11 is 0. The van der Waals surface area contributed by atoms with Crippen molar-refractivity contribution < 1.29 is 14.1 Å². The summed E-state index contributed by atoms with van der Waals surface area (Å²) in [6, 6.07) is 9.30. The van der Waals surface area contributed by atoms with Gasteiger partial charge in [0.15, 0.2) is 0 Å². The van der Waals surface area contributed by atoms with Crippen LogP contribution < -0.4 is 0 Å². The van der Waals surface area contributed by atoms with Crippen molar-refractivity contribution in [2.45, 2.75) is 26.4 Å². The first-order valence-electron chi connectivity index (χ1n) is 9.01. The summed E-state index contributed by atoms with van der Waals surface area (Å²) in [6.07, 6.45) is 0.385. The molecule has 0 N–H and O–H groups in total. The maximum absolute atomic E-state index is 13.6. The van der Waals surface area contributed by atoms with Gasteiger partial charge < -0.3 is 14.3 Å². The summed E-state index contributed by atoms with van der Waals surface area (Å²) in [7, 11) is 0. The van der Waals surface area contributed by atoms with E-state index in [1.165, 1.54) is 0 Å². The van der Waals surface area contributed by atoms with E-state index in [0.29, 0.717) is 46.7 Å². The molecule has 0 aliphatic carbocycles. The number of aromatic nitrogens is 2. The number of nitrogens with zero attached hydrogens (tertiary/aromatic N) is 4. The highest BCUT2D eigenvalue weighted by Gasteiger charge is 2.44. The number of hydrogen-bond acceptors (Lipinski definition) is 5. The van der Waals surface area contributed by atoms with Crippen LogP contribution in [-0.2, 0) is 0 Å². The molecule has 1 saturated heterocycles. The Hall–Kier alpha value is -3.22. The predicted molar refractivity (Wildman–Crippen MR) is 97.2 cm³/mol. The molecule has 2 amide bonds. The topological polar surface area (TPSA) is 79.5 Å². The molecule has 1 fully saturated rings. The second-order valence-electron chi connectivity index (χ2n) is 7.07. The van der Waals surface area contributed by atoms with Crippen LogP contribution in [0.15, 0.2) is 34.9 Å². The number of aryl methyl sites for hydroxylation is 2. The zero-order valence-electron chi connectivity index (χ0n) is 15.1. The van der Waals surface area contributed by atoms with Crippen LogP contribution in [0.25, 0.3) is 11.1 Å². The lowest BCUT2D eigenvalue weighted by Gasteiger charge is -2.40. The van der Waals surface area contributed by atoms with Gasteiger partial charge in [0.25, 0.3) is 17.5 Å². The lowest BCUT2D eigenvalue weighted by Crippen LogP contribution is -2.48. The number of rotatable bonds is 1. The van der Waals surface area contributed by atoms with Crippen molar-refractivity contribution in [3.8, 4) is 0 Å². The average molecular weight is 362 g/mol. The highest BCUT2D eigenvalue weighted by Crippen LogP contribution is 2.39. The third-order valence-electron chi connectivity index (χ3n) is 5.36. The van der Waals surface area contributed by atoms with Crippen LogP contribution in [0, 0.1) is 13.8 Å². The molecule has 5 rings (SSSR count). The van der Waals surface area contributed by atoms with Gasteiger partial charge in [-0.25, -0.2) is 4.98 Å². The van der Waals surface area contributed by atoms with Crippen molar-refractivity contribution in [2.75, 3.05) is 13.1 Å². The van der Waals surface area contributed by atoms with Crippen molar-refractivity contribution in [1.29, 1.82) is 0 Å². The number of pyridine rings is 1. The molecule has 4 heterocycles. The Balaban J connectivity index is 1.64. The molecule has 0 saturated carbocycles. The smallest absolute Gasteiger partial charge is 0.258 e. The van der Waals surface area contributed by atoms with E-state index in [9.17, 15) is 9.59 Å². The first kappa shape index (κ1) is 16.0. The Labute approximate surface area is 155 Å². The van der Waals surface area contributed by atoms with Gasteiger partial charge in [-0.3, -0.25) is 9.59 Å². The standard InChI is InChI=1S/C20H18N4O3/c1-11-10-15(16-12(2)22-27-17(16)21-11)20(26)24-9-5-8-23-18(24)13-6-3-4-7-14(13)19(23)25/h3-4,6-7,10,18H,5,8-9H2,1-2H3. The molecule has 27 heavy (non-hydrogen) atoms. The number of carbonyl (C=O) groups is 2. The molecule has 7 nitrogen and oxygen atoms in total. The van der Waals surface area contributed by atoms with E-state index >= 15 is 0 Å². The molecule has 0 spiro atoms. The Morgan fingerprint density at radius 2 is 2.04 bits per heavy atom. The maximum atomic E-state index is 13.6. The predicted octanol–water partition coefficient (Wildman–Crippen LogP) is 2.84. The lowest BCUT2D eigenvalue weighted by atomic mass is 10.0. The summed E-state index contributed by atoms with van der Waals surface area (Å²) in [5.74, 6) is -0.138. The minimum absolute atomic E-state index is 0.00897. The molecule has 3 aromatic rings. The van der Waals surface area contributed by atoms with E-state index < -0.39 is 0 Å². The molecular formula is C20H18N4O3. The molecule has 1 aromatic carbocycles. The number of fused-ring (bicyclic) bond motifs is 4. The molecule has 1 atom stereocenters. The summed E-state index contributed by atoms with van der Waals surface area (Å²) < 4.78 is 5.27. The van der Waals surface area contributed by atoms with Crippen molar-refractivity contribution in [1.82, 2.24) is 19.9 Å². The van der Waals surface area contributed by atoms with E-state index in [-0.39, 0.29) is 18.0 Å². The fourth-order valence-electron chi connectivity index (χ4n) is 4.20. The van der Waals surface area contributed by atoms with Crippen LogP contribution in [0.2, 0.25) is 0 Å². The largest absolute Gasteiger partial charge is 0.336 e. The lowest BCUT2D eigenvalue weighted by molar-refractivity contribution is 0.0165. The summed E-state index contributed by atoms with van der Waals surface area (Å²) in [5, 5.41) is 4.61. The van der Waals surface area contributed by atoms with Crippen molar-refractivity contribution in [3.63, 3.8) is 0 Å². The molecule has 2 aromatic heterocycles. The third kappa shape index (κ3) is 2.21. The van der Waals surface area contributed by atoms with Gasteiger partial charge in [0.05, 0.1) is 16.6 Å². The second-order valence-corrected chi connectivity index (χ2v) is 7.07. The van der Waals surface area contributed by atoms with Gasteiger partial charge in [-0.05, 0) is 32.4 Å². The molecule has 0 bridgehead atoms. The van der Waals surface area contributed by atoms with E-state index in [0.717, 1.165) is 12.0 Å². The van der Waals surface area contributed by atoms with Gasteiger partial charge in [-0.1, -0.05) is 23.4 Å². The highest BCUT2D eigenvalue weighted by atomic mass is 16.5. The van der Waals surface area contributed by atoms with Gasteiger partial charge in [-0.15, -0.1) is 0 Å².